The van der Waals surface area contributed by atoms with Gasteiger partial charge in [0.25, 0.3) is 0 Å². The maximum atomic E-state index is 5.50. The van der Waals surface area contributed by atoms with Gasteiger partial charge >= 0.3 is 16.5 Å². The predicted octanol–water partition coefficient (Wildman–Crippen LogP) is 9.81. The van der Waals surface area contributed by atoms with E-state index in [0.29, 0.717) is 0 Å². The summed E-state index contributed by atoms with van der Waals surface area (Å²) < 4.78 is 0. The zero-order valence-electron chi connectivity index (χ0n) is 27.7. The van der Waals surface area contributed by atoms with E-state index in [-0.39, 0.29) is 21.9 Å². The van der Waals surface area contributed by atoms with Crippen molar-refractivity contribution in [2.45, 2.75) is 112 Å². The van der Waals surface area contributed by atoms with E-state index in [0.717, 1.165) is 101 Å². The van der Waals surface area contributed by atoms with E-state index in [1.54, 1.807) is 0 Å². The molecule has 5 heterocycles. The minimum atomic E-state index is -0.145. The third-order valence-corrected chi connectivity index (χ3v) is 10.3. The molecule has 0 N–H and O–H groups in total. The molecule has 4 aromatic rings. The fraction of sp³-hybridized carbons (Fsp3) is 0.436. The van der Waals surface area contributed by atoms with Gasteiger partial charge in [0.15, 0.2) is 0 Å². The van der Waals surface area contributed by atoms with Gasteiger partial charge in [-0.25, -0.2) is 4.98 Å². The number of rotatable bonds is 8. The summed E-state index contributed by atoms with van der Waals surface area (Å²) in [4.78, 5) is 21.6. The van der Waals surface area contributed by atoms with Crippen molar-refractivity contribution in [2.24, 2.45) is 0 Å². The van der Waals surface area contributed by atoms with E-state index in [2.05, 4.69) is 91.8 Å². The van der Waals surface area contributed by atoms with Crippen LogP contribution >= 0.6 is 0 Å². The Morgan fingerprint density at radius 1 is 0.591 bits per heavy atom. The summed E-state index contributed by atoms with van der Waals surface area (Å²) in [6, 6.07) is 13.6. The molecule has 0 saturated carbocycles. The summed E-state index contributed by atoms with van der Waals surface area (Å²) in [7, 11) is 0. The maximum absolute atomic E-state index is 5.50. The number of para-hydroxylation sites is 1. The first-order valence-corrected chi connectivity index (χ1v) is 16.8. The van der Waals surface area contributed by atoms with Gasteiger partial charge < -0.3 is 9.97 Å². The molecule has 4 nitrogen and oxygen atoms in total. The van der Waals surface area contributed by atoms with E-state index in [1.165, 1.54) is 39.0 Å². The number of hydrogen-bond donors (Lipinski definition) is 0. The largest absolute Gasteiger partial charge is 2.00 e. The molecule has 0 atom stereocenters. The third-order valence-electron chi connectivity index (χ3n) is 10.3. The second kappa shape index (κ2) is 12.7. The first kappa shape index (κ1) is 32.2. The van der Waals surface area contributed by atoms with Gasteiger partial charge in [-0.1, -0.05) is 114 Å². The van der Waals surface area contributed by atoms with Crippen molar-refractivity contribution >= 4 is 44.1 Å². The topological polar surface area (TPSA) is 54.0 Å². The number of aromatic nitrogens is 4. The summed E-state index contributed by atoms with van der Waals surface area (Å²) in [6.07, 6.45) is 7.64. The zero-order chi connectivity index (χ0) is 30.5. The summed E-state index contributed by atoms with van der Waals surface area (Å²) in [5, 5.41) is 1.15. The van der Waals surface area contributed by atoms with Crippen LogP contribution in [0.25, 0.3) is 44.1 Å². The van der Waals surface area contributed by atoms with E-state index >= 15 is 0 Å². The minimum absolute atomic E-state index is 0. The molecule has 44 heavy (non-hydrogen) atoms. The Hall–Kier alpha value is -3.17. The van der Waals surface area contributed by atoms with Crippen LogP contribution < -0.4 is 9.97 Å². The summed E-state index contributed by atoms with van der Waals surface area (Å²) in [5.41, 5.74) is 17.8. The van der Waals surface area contributed by atoms with E-state index in [4.69, 9.17) is 19.9 Å². The van der Waals surface area contributed by atoms with Crippen LogP contribution in [0.5, 0.6) is 0 Å². The summed E-state index contributed by atoms with van der Waals surface area (Å²) in [5.74, 6) is 0. The second-order valence-electron chi connectivity index (χ2n) is 12.0. The molecular weight excluding hydrogens is 583 g/mol. The van der Waals surface area contributed by atoms with Crippen molar-refractivity contribution in [3.05, 3.63) is 81.3 Å². The Kier molecular flexibility index (Phi) is 9.29. The van der Waals surface area contributed by atoms with Crippen molar-refractivity contribution < 1.29 is 16.5 Å². The SMILES string of the molecule is CCC1=C(CC)c2cc3[n-]c(c(CC)c3CC)c3cccc4c3nc(cc3[n-]c(cc1n2)c(CC)c3CC)C4(CC)CC.[Ni+2]. The van der Waals surface area contributed by atoms with Crippen molar-refractivity contribution in [3.8, 4) is 0 Å². The molecule has 3 aromatic heterocycles. The van der Waals surface area contributed by atoms with Crippen molar-refractivity contribution in [3.63, 3.8) is 0 Å². The Morgan fingerprint density at radius 2 is 1.11 bits per heavy atom. The molecule has 0 unspecified atom stereocenters. The van der Waals surface area contributed by atoms with Crippen LogP contribution in [0.2, 0.25) is 0 Å². The zero-order valence-corrected chi connectivity index (χ0v) is 28.7. The smallest absolute Gasteiger partial charge is 0.657 e. The van der Waals surface area contributed by atoms with Crippen LogP contribution in [0, 0.1) is 0 Å². The molecule has 2 aliphatic rings. The predicted molar refractivity (Wildman–Crippen MR) is 183 cm³/mol. The van der Waals surface area contributed by atoms with Gasteiger partial charge in [-0.2, -0.15) is 0 Å². The molecule has 0 spiro atoms. The van der Waals surface area contributed by atoms with Crippen LogP contribution in [-0.4, -0.2) is 9.97 Å². The third kappa shape index (κ3) is 4.69. The number of benzene rings is 1. The quantitative estimate of drug-likeness (QED) is 0.182. The molecule has 0 radical (unpaired) electrons. The molecule has 6 rings (SSSR count). The number of fused-ring (bicyclic) bond motifs is 8. The fourth-order valence-corrected chi connectivity index (χ4v) is 8.03. The van der Waals surface area contributed by atoms with Crippen molar-refractivity contribution in [1.29, 1.82) is 0 Å². The average molecular weight is 630 g/mol. The van der Waals surface area contributed by atoms with Gasteiger partial charge in [-0.15, -0.1) is 22.1 Å². The van der Waals surface area contributed by atoms with Crippen LogP contribution in [0.4, 0.5) is 0 Å². The average Bonchev–Trinajstić information content (AvgIpc) is 3.74. The Balaban J connectivity index is 0.00000384. The number of aryl methyl sites for hydroxylation is 4. The van der Waals surface area contributed by atoms with Gasteiger partial charge in [0.05, 0.1) is 22.6 Å². The maximum Gasteiger partial charge on any atom is 2.00 e. The Labute approximate surface area is 273 Å². The summed E-state index contributed by atoms with van der Waals surface area (Å²) >= 11 is 0. The van der Waals surface area contributed by atoms with Crippen LogP contribution in [0.15, 0.2) is 36.4 Å². The van der Waals surface area contributed by atoms with Crippen molar-refractivity contribution in [2.75, 3.05) is 0 Å². The van der Waals surface area contributed by atoms with Crippen LogP contribution in [0.3, 0.4) is 0 Å². The number of hydrogen-bond acceptors (Lipinski definition) is 2. The molecule has 8 bridgehead atoms. The number of nitrogens with zero attached hydrogens (tertiary/aromatic N) is 4. The molecule has 2 aliphatic heterocycles. The standard InChI is InChI=1S/C39H46N4.Ni/c1-9-23-24(10-2)33-21-34-27(13-5)28(14-6)37(42-34)29-18-17-19-30-38(29)43-36(39(30,15-7)16-8)22-35-26(12-4)25(11-3)32(41-35)20-31(23)40-33;/h17-22H,9-16H2,1-8H3;/q-2;+2. The molecule has 0 saturated heterocycles. The fourth-order valence-electron chi connectivity index (χ4n) is 8.03. The summed E-state index contributed by atoms with van der Waals surface area (Å²) in [6.45, 7) is 18.1. The minimum Gasteiger partial charge on any atom is -0.657 e. The molecule has 0 aliphatic carbocycles. The van der Waals surface area contributed by atoms with E-state index < -0.39 is 0 Å². The molecule has 0 fully saturated rings. The van der Waals surface area contributed by atoms with Gasteiger partial charge in [-0.3, -0.25) is 4.98 Å². The first-order chi connectivity index (χ1) is 20.9. The molecular formula is C39H46N4Ni. The van der Waals surface area contributed by atoms with Gasteiger partial charge in [0, 0.05) is 5.41 Å². The molecule has 5 heteroatoms. The van der Waals surface area contributed by atoms with Gasteiger partial charge in [-0.05, 0) is 73.5 Å². The van der Waals surface area contributed by atoms with Crippen LogP contribution in [0.1, 0.15) is 126 Å². The normalized spacial score (nSPS) is 14.1. The number of allylic oxidation sites excluding steroid dienone is 2. The van der Waals surface area contributed by atoms with Gasteiger partial charge in [0.2, 0.25) is 0 Å². The second-order valence-corrected chi connectivity index (χ2v) is 12.0. The van der Waals surface area contributed by atoms with E-state index in [1.807, 2.05) is 0 Å². The monoisotopic (exact) mass is 628 g/mol. The molecule has 1 aromatic carbocycles. The Bertz CT molecular complexity index is 1920. The van der Waals surface area contributed by atoms with Crippen molar-refractivity contribution in [1.82, 2.24) is 19.9 Å². The van der Waals surface area contributed by atoms with Crippen LogP contribution in [-0.2, 0) is 47.6 Å². The van der Waals surface area contributed by atoms with Gasteiger partial charge in [0.1, 0.15) is 0 Å². The molecule has 0 amide bonds. The first-order valence-electron chi connectivity index (χ1n) is 16.8. The Morgan fingerprint density at radius 3 is 1.64 bits per heavy atom. The molecule has 232 valence electrons. The van der Waals surface area contributed by atoms with E-state index in [9.17, 15) is 0 Å².